The van der Waals surface area contributed by atoms with Gasteiger partial charge >= 0.3 is 0 Å². The molecule has 0 radical (unpaired) electrons. The van der Waals surface area contributed by atoms with E-state index in [0.29, 0.717) is 44.0 Å². The highest BCUT2D eigenvalue weighted by atomic mass is 16.5. The molecule has 2 aromatic heterocycles. The van der Waals surface area contributed by atoms with Crippen molar-refractivity contribution in [3.63, 3.8) is 0 Å². The predicted octanol–water partition coefficient (Wildman–Crippen LogP) is 3.77. The average molecular weight is 511 g/mol. The molecule has 4 heterocycles. The lowest BCUT2D eigenvalue weighted by molar-refractivity contribution is -0.128. The van der Waals surface area contributed by atoms with Crippen molar-refractivity contribution in [1.29, 1.82) is 5.26 Å². The van der Waals surface area contributed by atoms with E-state index in [1.807, 2.05) is 61.7 Å². The maximum atomic E-state index is 14.0. The second-order valence-electron chi connectivity index (χ2n) is 10.1. The number of nitriles is 1. The standard InChI is InChI=1S/C30H34N6O2/c1-3-38-28-25(8-6-15-32-28)26-11-10-23(20-33-26)30(29(37)34-24-12-16-35(2)21-24)13-17-36(18-14-30)27-9-5-4-7-22(27)19-31/h4-11,15,20,24H,3,12-14,16-18,21H2,1-2H3,(H,34,37)/t24-/m0/s1. The number of amides is 1. The maximum absolute atomic E-state index is 14.0. The summed E-state index contributed by atoms with van der Waals surface area (Å²) in [6.45, 7) is 5.65. The van der Waals surface area contributed by atoms with E-state index in [4.69, 9.17) is 9.72 Å². The summed E-state index contributed by atoms with van der Waals surface area (Å²) in [7, 11) is 2.09. The summed E-state index contributed by atoms with van der Waals surface area (Å²) in [5.41, 5.74) is 3.40. The Morgan fingerprint density at radius 1 is 1.13 bits per heavy atom. The molecule has 0 unspecified atom stereocenters. The molecule has 2 aliphatic rings. The van der Waals surface area contributed by atoms with E-state index >= 15 is 0 Å². The van der Waals surface area contributed by atoms with Gasteiger partial charge in [0.15, 0.2) is 0 Å². The summed E-state index contributed by atoms with van der Waals surface area (Å²) < 4.78 is 5.70. The number of hydrogen-bond acceptors (Lipinski definition) is 7. The highest BCUT2D eigenvalue weighted by molar-refractivity contribution is 5.89. The van der Waals surface area contributed by atoms with Gasteiger partial charge in [-0.2, -0.15) is 5.26 Å². The molecule has 0 bridgehead atoms. The molecule has 38 heavy (non-hydrogen) atoms. The van der Waals surface area contributed by atoms with E-state index < -0.39 is 5.41 Å². The average Bonchev–Trinajstić information content (AvgIpc) is 3.38. The van der Waals surface area contributed by atoms with Crippen LogP contribution in [-0.2, 0) is 10.2 Å². The van der Waals surface area contributed by atoms with Crippen LogP contribution in [0.1, 0.15) is 37.3 Å². The fourth-order valence-corrected chi connectivity index (χ4v) is 5.67. The maximum Gasteiger partial charge on any atom is 0.231 e. The van der Waals surface area contributed by atoms with Crippen LogP contribution < -0.4 is 15.0 Å². The predicted molar refractivity (Wildman–Crippen MR) is 147 cm³/mol. The second-order valence-corrected chi connectivity index (χ2v) is 10.1. The summed E-state index contributed by atoms with van der Waals surface area (Å²) in [4.78, 5) is 27.6. The molecule has 1 atom stereocenters. The molecule has 3 aromatic rings. The van der Waals surface area contributed by atoms with Gasteiger partial charge < -0.3 is 19.9 Å². The smallest absolute Gasteiger partial charge is 0.231 e. The van der Waals surface area contributed by atoms with E-state index in [9.17, 15) is 10.1 Å². The van der Waals surface area contributed by atoms with Crippen molar-refractivity contribution in [2.24, 2.45) is 0 Å². The quantitative estimate of drug-likeness (QED) is 0.517. The highest BCUT2D eigenvalue weighted by Gasteiger charge is 2.44. The first-order chi connectivity index (χ1) is 18.5. The van der Waals surface area contributed by atoms with Crippen molar-refractivity contribution in [3.05, 3.63) is 72.1 Å². The van der Waals surface area contributed by atoms with Gasteiger partial charge in [0, 0.05) is 38.1 Å². The number of rotatable bonds is 7. The molecule has 8 nitrogen and oxygen atoms in total. The number of piperidine rings is 1. The van der Waals surface area contributed by atoms with Crippen LogP contribution in [0, 0.1) is 11.3 Å². The first-order valence-electron chi connectivity index (χ1n) is 13.3. The van der Waals surface area contributed by atoms with Gasteiger partial charge in [-0.3, -0.25) is 9.78 Å². The largest absolute Gasteiger partial charge is 0.477 e. The lowest BCUT2D eigenvalue weighted by Crippen LogP contribution is -2.54. The van der Waals surface area contributed by atoms with E-state index in [2.05, 4.69) is 33.2 Å². The Hall–Kier alpha value is -3.96. The van der Waals surface area contributed by atoms with Crippen molar-refractivity contribution in [2.45, 2.75) is 37.6 Å². The van der Waals surface area contributed by atoms with Gasteiger partial charge in [-0.25, -0.2) is 4.98 Å². The Morgan fingerprint density at radius 2 is 1.95 bits per heavy atom. The first kappa shape index (κ1) is 25.7. The molecule has 196 valence electrons. The van der Waals surface area contributed by atoms with Gasteiger partial charge in [-0.1, -0.05) is 18.2 Å². The number of para-hydroxylation sites is 1. The van der Waals surface area contributed by atoms with Gasteiger partial charge in [0.25, 0.3) is 0 Å². The number of carbonyl (C=O) groups excluding carboxylic acids is 1. The summed E-state index contributed by atoms with van der Waals surface area (Å²) >= 11 is 0. The molecule has 0 spiro atoms. The van der Waals surface area contributed by atoms with Crippen LogP contribution >= 0.6 is 0 Å². The molecular weight excluding hydrogens is 476 g/mol. The van der Waals surface area contributed by atoms with Gasteiger partial charge in [0.1, 0.15) is 6.07 Å². The van der Waals surface area contributed by atoms with Crippen molar-refractivity contribution >= 4 is 11.6 Å². The molecule has 1 N–H and O–H groups in total. The molecule has 8 heteroatoms. The third kappa shape index (κ3) is 5.07. The SMILES string of the molecule is CCOc1ncccc1-c1ccc(C2(C(=O)N[C@H]3CCN(C)C3)CCN(c3ccccc3C#N)CC2)cn1. The number of likely N-dealkylation sites (tertiary alicyclic amines) is 1. The number of nitrogens with zero attached hydrogens (tertiary/aromatic N) is 5. The van der Waals surface area contributed by atoms with E-state index in [1.165, 1.54) is 0 Å². The van der Waals surface area contributed by atoms with Crippen LogP contribution in [0.5, 0.6) is 5.88 Å². The molecule has 2 aliphatic heterocycles. The van der Waals surface area contributed by atoms with Crippen LogP contribution in [-0.4, -0.2) is 66.7 Å². The van der Waals surface area contributed by atoms with Crippen LogP contribution in [0.2, 0.25) is 0 Å². The number of anilines is 1. The van der Waals surface area contributed by atoms with Crippen LogP contribution in [0.3, 0.4) is 0 Å². The van der Waals surface area contributed by atoms with Crippen LogP contribution in [0.15, 0.2) is 60.9 Å². The Balaban J connectivity index is 1.44. The summed E-state index contributed by atoms with van der Waals surface area (Å²) in [5, 5.41) is 13.0. The van der Waals surface area contributed by atoms with Gasteiger partial charge in [0.2, 0.25) is 11.8 Å². The minimum absolute atomic E-state index is 0.0666. The third-order valence-electron chi connectivity index (χ3n) is 7.79. The molecule has 0 aliphatic carbocycles. The Labute approximate surface area is 224 Å². The summed E-state index contributed by atoms with van der Waals surface area (Å²) in [6.07, 6.45) is 5.79. The third-order valence-corrected chi connectivity index (χ3v) is 7.79. The van der Waals surface area contributed by atoms with Crippen LogP contribution in [0.4, 0.5) is 5.69 Å². The van der Waals surface area contributed by atoms with Crippen molar-refractivity contribution in [1.82, 2.24) is 20.2 Å². The van der Waals surface area contributed by atoms with Crippen LogP contribution in [0.25, 0.3) is 11.3 Å². The number of pyridine rings is 2. The molecule has 2 saturated heterocycles. The van der Waals surface area contributed by atoms with Gasteiger partial charge in [-0.05, 0) is 75.7 Å². The normalized spacial score (nSPS) is 19.1. The number of nitrogens with one attached hydrogen (secondary N) is 1. The molecule has 1 aromatic carbocycles. The first-order valence-corrected chi connectivity index (χ1v) is 13.3. The van der Waals surface area contributed by atoms with E-state index in [0.717, 1.165) is 42.0 Å². The van der Waals surface area contributed by atoms with Crippen molar-refractivity contribution < 1.29 is 9.53 Å². The zero-order chi connectivity index (χ0) is 26.5. The van der Waals surface area contributed by atoms with Gasteiger partial charge in [0.05, 0.1) is 34.5 Å². The summed E-state index contributed by atoms with van der Waals surface area (Å²) in [5.74, 6) is 0.620. The zero-order valence-electron chi connectivity index (χ0n) is 22.1. The lowest BCUT2D eigenvalue weighted by atomic mass is 9.72. The number of hydrogen-bond donors (Lipinski definition) is 1. The minimum Gasteiger partial charge on any atom is -0.477 e. The number of aromatic nitrogens is 2. The Kier molecular flexibility index (Phi) is 7.57. The number of ether oxygens (including phenoxy) is 1. The highest BCUT2D eigenvalue weighted by Crippen LogP contribution is 2.39. The molecular formula is C30H34N6O2. The minimum atomic E-state index is -0.692. The number of carbonyl (C=O) groups is 1. The zero-order valence-corrected chi connectivity index (χ0v) is 22.1. The van der Waals surface area contributed by atoms with Crippen molar-refractivity contribution in [2.75, 3.05) is 44.7 Å². The number of benzene rings is 1. The lowest BCUT2D eigenvalue weighted by Gasteiger charge is -2.42. The molecule has 0 saturated carbocycles. The fourth-order valence-electron chi connectivity index (χ4n) is 5.67. The van der Waals surface area contributed by atoms with Crippen molar-refractivity contribution in [3.8, 4) is 23.2 Å². The molecule has 2 fully saturated rings. The summed E-state index contributed by atoms with van der Waals surface area (Å²) in [6, 6.07) is 17.9. The molecule has 5 rings (SSSR count). The topological polar surface area (TPSA) is 94.4 Å². The van der Waals surface area contributed by atoms with Gasteiger partial charge in [-0.15, -0.1) is 0 Å². The second kappa shape index (κ2) is 11.2. The monoisotopic (exact) mass is 510 g/mol. The van der Waals surface area contributed by atoms with E-state index in [-0.39, 0.29) is 11.9 Å². The number of likely N-dealkylation sites (N-methyl/N-ethyl adjacent to an activating group) is 1. The fraction of sp³-hybridized carbons (Fsp3) is 0.400. The Morgan fingerprint density at radius 3 is 2.63 bits per heavy atom. The van der Waals surface area contributed by atoms with E-state index in [1.54, 1.807) is 6.20 Å². The molecule has 1 amide bonds. The Bertz CT molecular complexity index is 1310.